The Labute approximate surface area is 172 Å². The fourth-order valence-corrected chi connectivity index (χ4v) is 10.8. The molecule has 0 nitrogen and oxygen atoms in total. The summed E-state index contributed by atoms with van der Waals surface area (Å²) in [6.07, 6.45) is 9.37. The van der Waals surface area contributed by atoms with Gasteiger partial charge in [0.2, 0.25) is 0 Å². The van der Waals surface area contributed by atoms with Gasteiger partial charge in [-0.1, -0.05) is 0 Å². The van der Waals surface area contributed by atoms with Gasteiger partial charge in [0, 0.05) is 0 Å². The molecule has 3 aromatic rings. The summed E-state index contributed by atoms with van der Waals surface area (Å²) in [5.41, 5.74) is 0. The molecule has 0 heterocycles. The summed E-state index contributed by atoms with van der Waals surface area (Å²) >= 11 is 4.47. The number of hydrogen-bond donors (Lipinski definition) is 0. The van der Waals surface area contributed by atoms with E-state index in [1.54, 1.807) is 0 Å². The van der Waals surface area contributed by atoms with E-state index in [0.717, 1.165) is 12.6 Å². The minimum atomic E-state index is -2.77. The van der Waals surface area contributed by atoms with Gasteiger partial charge >= 0.3 is 172 Å². The average molecular weight is 439 g/mol. The summed E-state index contributed by atoms with van der Waals surface area (Å²) < 4.78 is 0. The topological polar surface area (TPSA) is 0 Å². The van der Waals surface area contributed by atoms with E-state index in [1.807, 2.05) is 0 Å². The van der Waals surface area contributed by atoms with Crippen LogP contribution in [0.3, 0.4) is 0 Å². The van der Waals surface area contributed by atoms with Crippen molar-refractivity contribution in [3.63, 3.8) is 0 Å². The number of unbranched alkanes of at least 4 members (excludes halogenated alkanes) is 2. The van der Waals surface area contributed by atoms with Crippen LogP contribution in [0.2, 0.25) is 0 Å². The molecular formula is C25H28BrP. The van der Waals surface area contributed by atoms with Crippen LogP contribution in [0.1, 0.15) is 26.2 Å². The molecule has 0 spiro atoms. The van der Waals surface area contributed by atoms with Crippen LogP contribution in [0.25, 0.3) is 0 Å². The first-order valence-electron chi connectivity index (χ1n) is 9.75. The molecule has 0 atom stereocenters. The fourth-order valence-electron chi connectivity index (χ4n) is 3.69. The third kappa shape index (κ3) is 3.96. The second kappa shape index (κ2) is 9.00. The van der Waals surface area contributed by atoms with Gasteiger partial charge in [0.25, 0.3) is 0 Å². The van der Waals surface area contributed by atoms with Crippen LogP contribution in [0.5, 0.6) is 0 Å². The normalized spacial score (nSPS) is 13.3. The van der Waals surface area contributed by atoms with E-state index >= 15 is 0 Å². The van der Waals surface area contributed by atoms with E-state index in [-0.39, 0.29) is 0 Å². The molecule has 3 aromatic carbocycles. The summed E-state index contributed by atoms with van der Waals surface area (Å²) in [6.45, 7) is 2.25. The predicted molar refractivity (Wildman–Crippen MR) is 128 cm³/mol. The molecule has 140 valence electrons. The summed E-state index contributed by atoms with van der Waals surface area (Å²) in [5.74, 6) is 0. The average Bonchev–Trinajstić information content (AvgIpc) is 2.75. The van der Waals surface area contributed by atoms with Crippen molar-refractivity contribution in [3.05, 3.63) is 103 Å². The zero-order valence-electron chi connectivity index (χ0n) is 16.0. The standard InChI is InChI=1S/C25H28BrP/c1-2-3-4-5-15-22-27(26,23-16-9-6-10-17-23,24-18-11-7-12-19-24)25-20-13-8-14-21-25/h5-21H,2-4,22H2,1H3/b15-5+. The van der Waals surface area contributed by atoms with Crippen LogP contribution < -0.4 is 15.9 Å². The number of allylic oxidation sites excluding steroid dienone is 2. The van der Waals surface area contributed by atoms with Crippen LogP contribution in [-0.2, 0) is 0 Å². The molecule has 27 heavy (non-hydrogen) atoms. The van der Waals surface area contributed by atoms with Crippen molar-refractivity contribution in [1.29, 1.82) is 0 Å². The molecule has 0 aromatic heterocycles. The summed E-state index contributed by atoms with van der Waals surface area (Å²) in [4.78, 5) is 0. The van der Waals surface area contributed by atoms with Crippen LogP contribution in [0.4, 0.5) is 0 Å². The third-order valence-corrected chi connectivity index (χ3v) is 14.8. The Hall–Kier alpha value is -1.69. The van der Waals surface area contributed by atoms with Crippen molar-refractivity contribution >= 4 is 36.7 Å². The predicted octanol–water partition coefficient (Wildman–Crippen LogP) is 6.57. The molecule has 0 bridgehead atoms. The molecule has 0 saturated heterocycles. The maximum absolute atomic E-state index is 4.47. The quantitative estimate of drug-likeness (QED) is 0.212. The van der Waals surface area contributed by atoms with E-state index in [9.17, 15) is 0 Å². The van der Waals surface area contributed by atoms with Gasteiger partial charge in [0.05, 0.1) is 0 Å². The Morgan fingerprint density at radius 2 is 1.07 bits per heavy atom. The number of benzene rings is 3. The van der Waals surface area contributed by atoms with Crippen molar-refractivity contribution in [2.45, 2.75) is 26.2 Å². The first kappa shape index (κ1) is 20.1. The van der Waals surface area contributed by atoms with Crippen molar-refractivity contribution < 1.29 is 0 Å². The van der Waals surface area contributed by atoms with E-state index in [4.69, 9.17) is 0 Å². The van der Waals surface area contributed by atoms with Gasteiger partial charge < -0.3 is 0 Å². The number of hydrogen-bond acceptors (Lipinski definition) is 0. The molecule has 0 aliphatic heterocycles. The minimum absolute atomic E-state index is 0.980. The van der Waals surface area contributed by atoms with Gasteiger partial charge in [-0.05, 0) is 0 Å². The van der Waals surface area contributed by atoms with Crippen molar-refractivity contribution in [1.82, 2.24) is 0 Å². The van der Waals surface area contributed by atoms with Gasteiger partial charge in [-0.3, -0.25) is 0 Å². The molecule has 0 amide bonds. The monoisotopic (exact) mass is 438 g/mol. The Balaban J connectivity index is 2.24. The van der Waals surface area contributed by atoms with Crippen LogP contribution in [0.15, 0.2) is 103 Å². The Kier molecular flexibility index (Phi) is 6.68. The van der Waals surface area contributed by atoms with Crippen LogP contribution >= 0.6 is 20.8 Å². The fraction of sp³-hybridized carbons (Fsp3) is 0.200. The molecule has 3 rings (SSSR count). The van der Waals surface area contributed by atoms with Gasteiger partial charge in [0.15, 0.2) is 0 Å². The first-order valence-corrected chi connectivity index (χ1v) is 14.2. The zero-order valence-corrected chi connectivity index (χ0v) is 18.4. The first-order chi connectivity index (χ1) is 13.2. The Bertz CT molecular complexity index is 757. The van der Waals surface area contributed by atoms with Crippen molar-refractivity contribution in [3.8, 4) is 0 Å². The van der Waals surface area contributed by atoms with Gasteiger partial charge in [0.1, 0.15) is 0 Å². The number of halogens is 1. The zero-order chi connectivity index (χ0) is 19.0. The molecule has 0 aliphatic carbocycles. The van der Waals surface area contributed by atoms with E-state index in [0.29, 0.717) is 0 Å². The second-order valence-electron chi connectivity index (χ2n) is 6.99. The Morgan fingerprint density at radius 1 is 0.667 bits per heavy atom. The number of rotatable bonds is 8. The summed E-state index contributed by atoms with van der Waals surface area (Å²) in [6, 6.07) is 33.0. The van der Waals surface area contributed by atoms with Crippen LogP contribution in [0, 0.1) is 0 Å². The van der Waals surface area contributed by atoms with Gasteiger partial charge in [-0.2, -0.15) is 0 Å². The molecule has 0 fully saturated rings. The third-order valence-electron chi connectivity index (χ3n) is 5.22. The summed E-state index contributed by atoms with van der Waals surface area (Å²) in [5, 5.41) is 1.36. The van der Waals surface area contributed by atoms with E-state index in [1.165, 1.54) is 28.8 Å². The molecule has 0 unspecified atom stereocenters. The Morgan fingerprint density at radius 3 is 1.44 bits per heavy atom. The second-order valence-corrected chi connectivity index (χ2v) is 16.0. The van der Waals surface area contributed by atoms with Crippen molar-refractivity contribution in [2.75, 3.05) is 6.16 Å². The maximum atomic E-state index is 4.47. The van der Waals surface area contributed by atoms with Gasteiger partial charge in [-0.25, -0.2) is 0 Å². The van der Waals surface area contributed by atoms with E-state index < -0.39 is 5.31 Å². The van der Waals surface area contributed by atoms with Gasteiger partial charge in [-0.15, -0.1) is 0 Å². The molecule has 0 radical (unpaired) electrons. The molecule has 0 N–H and O–H groups in total. The summed E-state index contributed by atoms with van der Waals surface area (Å²) in [7, 11) is 0. The van der Waals surface area contributed by atoms with E-state index in [2.05, 4.69) is 126 Å². The molecule has 0 saturated carbocycles. The molecular weight excluding hydrogens is 411 g/mol. The SMILES string of the molecule is CCCC/C=C/CP(Br)(c1ccccc1)(c1ccccc1)c1ccccc1. The van der Waals surface area contributed by atoms with Crippen molar-refractivity contribution in [2.24, 2.45) is 0 Å². The molecule has 2 heteroatoms. The molecule has 0 aliphatic rings. The van der Waals surface area contributed by atoms with Crippen LogP contribution in [-0.4, -0.2) is 6.16 Å².